The monoisotopic (exact) mass is 278 g/mol. The van der Waals surface area contributed by atoms with Crippen LogP contribution in [-0.2, 0) is 9.08 Å². The highest BCUT2D eigenvalue weighted by molar-refractivity contribution is 9.10. The Balaban J connectivity index is 2.87. The highest BCUT2D eigenvalue weighted by Crippen LogP contribution is 2.16. The third kappa shape index (κ3) is 3.12. The van der Waals surface area contributed by atoms with Gasteiger partial charge in [0.15, 0.2) is 0 Å². The van der Waals surface area contributed by atoms with Gasteiger partial charge in [-0.25, -0.2) is 9.18 Å². The van der Waals surface area contributed by atoms with Crippen LogP contribution in [0.5, 0.6) is 0 Å². The van der Waals surface area contributed by atoms with Crippen molar-refractivity contribution in [2.45, 2.75) is 0 Å². The van der Waals surface area contributed by atoms with Crippen molar-refractivity contribution in [3.63, 3.8) is 0 Å². The summed E-state index contributed by atoms with van der Waals surface area (Å²) in [5.74, 6) is -1.17. The van der Waals surface area contributed by atoms with Gasteiger partial charge < -0.3 is 4.29 Å². The second-order valence-electron chi connectivity index (χ2n) is 2.40. The van der Waals surface area contributed by atoms with E-state index in [4.69, 9.17) is 11.9 Å². The lowest BCUT2D eigenvalue weighted by Gasteiger charge is -1.96. The highest BCUT2D eigenvalue weighted by Gasteiger charge is 2.00. The summed E-state index contributed by atoms with van der Waals surface area (Å²) in [6.07, 6.45) is 2.33. The molecule has 0 N–H and O–H groups in total. The predicted octanol–water partition coefficient (Wildman–Crippen LogP) is 3.30. The molecule has 0 unspecified atom stereocenters. The lowest BCUT2D eigenvalue weighted by molar-refractivity contribution is -0.128. The second-order valence-corrected chi connectivity index (χ2v) is 3.47. The summed E-state index contributed by atoms with van der Waals surface area (Å²) in [6, 6.07) is 4.48. The number of hydrogen-bond acceptors (Lipinski definition) is 2. The molecular weight excluding hydrogens is 274 g/mol. The molecular formula is C9H5BrClFO2. The van der Waals surface area contributed by atoms with E-state index in [1.807, 2.05) is 0 Å². The van der Waals surface area contributed by atoms with Gasteiger partial charge in [0, 0.05) is 16.1 Å². The van der Waals surface area contributed by atoms with E-state index in [0.29, 0.717) is 4.47 Å². The summed E-state index contributed by atoms with van der Waals surface area (Å²) < 4.78 is 17.6. The van der Waals surface area contributed by atoms with Gasteiger partial charge in [0.25, 0.3) is 0 Å². The van der Waals surface area contributed by atoms with Gasteiger partial charge in [-0.1, -0.05) is 22.0 Å². The average Bonchev–Trinajstić information content (AvgIpc) is 2.16. The maximum absolute atomic E-state index is 13.1. The van der Waals surface area contributed by atoms with E-state index in [0.717, 1.165) is 6.08 Å². The van der Waals surface area contributed by atoms with Crippen molar-refractivity contribution in [3.05, 3.63) is 40.1 Å². The van der Waals surface area contributed by atoms with Gasteiger partial charge >= 0.3 is 5.97 Å². The van der Waals surface area contributed by atoms with Crippen molar-refractivity contribution in [1.29, 1.82) is 0 Å². The van der Waals surface area contributed by atoms with Crippen molar-refractivity contribution < 1.29 is 13.5 Å². The van der Waals surface area contributed by atoms with Crippen LogP contribution < -0.4 is 0 Å². The number of carbonyl (C=O) groups excluding carboxylic acids is 1. The molecule has 0 bridgehead atoms. The predicted molar refractivity (Wildman–Crippen MR) is 55.1 cm³/mol. The molecule has 0 aliphatic rings. The average molecular weight is 279 g/mol. The van der Waals surface area contributed by atoms with Crippen molar-refractivity contribution in [2.24, 2.45) is 0 Å². The van der Waals surface area contributed by atoms with Gasteiger partial charge in [-0.15, -0.1) is 0 Å². The molecule has 0 saturated carbocycles. The van der Waals surface area contributed by atoms with E-state index >= 15 is 0 Å². The minimum absolute atomic E-state index is 0.287. The van der Waals surface area contributed by atoms with Gasteiger partial charge in [-0.05, 0) is 18.2 Å². The fourth-order valence-corrected chi connectivity index (χ4v) is 1.20. The molecule has 0 aliphatic heterocycles. The molecule has 74 valence electrons. The van der Waals surface area contributed by atoms with E-state index in [1.54, 1.807) is 6.07 Å². The van der Waals surface area contributed by atoms with Crippen LogP contribution in [0.25, 0.3) is 6.08 Å². The number of benzene rings is 1. The lowest BCUT2D eigenvalue weighted by atomic mass is 10.2. The van der Waals surface area contributed by atoms with Crippen LogP contribution in [0.1, 0.15) is 5.56 Å². The maximum Gasteiger partial charge on any atom is 0.349 e. The zero-order valence-corrected chi connectivity index (χ0v) is 9.18. The zero-order chi connectivity index (χ0) is 10.6. The largest absolute Gasteiger partial charge is 0.349 e. The first-order chi connectivity index (χ1) is 6.63. The Kier molecular flexibility index (Phi) is 4.10. The van der Waals surface area contributed by atoms with Crippen LogP contribution in [0.4, 0.5) is 4.39 Å². The smallest absolute Gasteiger partial charge is 0.344 e. The summed E-state index contributed by atoms with van der Waals surface area (Å²) >= 11 is 7.89. The minimum Gasteiger partial charge on any atom is -0.344 e. The number of rotatable bonds is 2. The molecule has 0 spiro atoms. The molecule has 0 aromatic heterocycles. The molecule has 2 nitrogen and oxygen atoms in total. The number of hydrogen-bond donors (Lipinski definition) is 0. The van der Waals surface area contributed by atoms with Crippen molar-refractivity contribution in [1.82, 2.24) is 0 Å². The van der Waals surface area contributed by atoms with E-state index in [-0.39, 0.29) is 5.56 Å². The molecule has 0 aliphatic carbocycles. The Hall–Kier alpha value is -0.870. The van der Waals surface area contributed by atoms with Gasteiger partial charge in [0.1, 0.15) is 17.7 Å². The maximum atomic E-state index is 13.1. The molecule has 1 aromatic carbocycles. The van der Waals surface area contributed by atoms with Crippen LogP contribution in [-0.4, -0.2) is 5.97 Å². The van der Waals surface area contributed by atoms with E-state index in [1.165, 1.54) is 18.2 Å². The Morgan fingerprint density at radius 3 is 2.86 bits per heavy atom. The van der Waals surface area contributed by atoms with Crippen LogP contribution in [0.15, 0.2) is 28.7 Å². The standard InChI is InChI=1S/C9H5BrClFO2/c10-7-3-1-6(8(12)5-7)2-4-9(13)14-11/h1-5H/b4-2+. The fourth-order valence-electron chi connectivity index (χ4n) is 0.820. The summed E-state index contributed by atoms with van der Waals surface area (Å²) in [7, 11) is 0. The fraction of sp³-hybridized carbons (Fsp3) is 0. The van der Waals surface area contributed by atoms with E-state index in [2.05, 4.69) is 20.2 Å². The Bertz CT molecular complexity index is 379. The third-order valence-electron chi connectivity index (χ3n) is 1.44. The zero-order valence-electron chi connectivity index (χ0n) is 6.84. The molecule has 0 atom stereocenters. The quantitative estimate of drug-likeness (QED) is 0.777. The highest BCUT2D eigenvalue weighted by atomic mass is 79.9. The van der Waals surface area contributed by atoms with Gasteiger partial charge in [0.2, 0.25) is 0 Å². The molecule has 0 radical (unpaired) electrons. The summed E-state index contributed by atoms with van der Waals surface area (Å²) in [4.78, 5) is 10.6. The van der Waals surface area contributed by atoms with E-state index < -0.39 is 11.8 Å². The topological polar surface area (TPSA) is 26.3 Å². The molecule has 0 saturated heterocycles. The number of halogens is 3. The minimum atomic E-state index is -0.742. The van der Waals surface area contributed by atoms with Crippen molar-refractivity contribution >= 4 is 39.8 Å². The van der Waals surface area contributed by atoms with Crippen molar-refractivity contribution in [2.75, 3.05) is 0 Å². The SMILES string of the molecule is O=C(/C=C/c1ccc(Br)cc1F)OCl. The normalized spacial score (nSPS) is 10.5. The molecule has 0 amide bonds. The summed E-state index contributed by atoms with van der Waals surface area (Å²) in [5, 5.41) is 0. The van der Waals surface area contributed by atoms with E-state index in [9.17, 15) is 9.18 Å². The van der Waals surface area contributed by atoms with Gasteiger partial charge in [-0.2, -0.15) is 0 Å². The Labute approximate surface area is 93.6 Å². The first-order valence-electron chi connectivity index (χ1n) is 3.59. The first kappa shape index (κ1) is 11.2. The Morgan fingerprint density at radius 2 is 2.29 bits per heavy atom. The molecule has 0 fully saturated rings. The molecule has 5 heteroatoms. The summed E-state index contributed by atoms with van der Waals surface area (Å²) in [6.45, 7) is 0. The summed E-state index contributed by atoms with van der Waals surface area (Å²) in [5.41, 5.74) is 0.287. The Morgan fingerprint density at radius 1 is 1.57 bits per heavy atom. The first-order valence-corrected chi connectivity index (χ1v) is 4.69. The van der Waals surface area contributed by atoms with Crippen molar-refractivity contribution in [3.8, 4) is 0 Å². The van der Waals surface area contributed by atoms with Crippen LogP contribution >= 0.6 is 27.8 Å². The molecule has 14 heavy (non-hydrogen) atoms. The second kappa shape index (κ2) is 5.12. The van der Waals surface area contributed by atoms with Gasteiger partial charge in [-0.3, -0.25) is 0 Å². The third-order valence-corrected chi connectivity index (χ3v) is 2.08. The molecule has 0 heterocycles. The molecule has 1 aromatic rings. The lowest BCUT2D eigenvalue weighted by Crippen LogP contribution is -1.89. The van der Waals surface area contributed by atoms with Crippen LogP contribution in [0.3, 0.4) is 0 Å². The molecule has 1 rings (SSSR count). The van der Waals surface area contributed by atoms with Gasteiger partial charge in [0.05, 0.1) is 0 Å². The van der Waals surface area contributed by atoms with Crippen LogP contribution in [0, 0.1) is 5.82 Å². The van der Waals surface area contributed by atoms with Crippen LogP contribution in [0.2, 0.25) is 0 Å². The number of carbonyl (C=O) groups is 1.